The fourth-order valence-electron chi connectivity index (χ4n) is 2.16. The summed E-state index contributed by atoms with van der Waals surface area (Å²) < 4.78 is 39.4. The molecule has 22 heavy (non-hydrogen) atoms. The lowest BCUT2D eigenvalue weighted by molar-refractivity contribution is -0.141. The van der Waals surface area contributed by atoms with Crippen LogP contribution in [0.4, 0.5) is 13.2 Å². The molecule has 8 heteroatoms. The zero-order chi connectivity index (χ0) is 16.5. The summed E-state index contributed by atoms with van der Waals surface area (Å²) in [5.74, 6) is -1.60. The molecule has 118 valence electrons. The first-order valence-electron chi connectivity index (χ1n) is 6.32. The van der Waals surface area contributed by atoms with Crippen LogP contribution in [0.3, 0.4) is 0 Å². The van der Waals surface area contributed by atoms with Crippen molar-refractivity contribution in [3.63, 3.8) is 0 Å². The highest BCUT2D eigenvalue weighted by atomic mass is 35.5. The molecule has 0 spiro atoms. The number of alkyl halides is 3. The lowest BCUT2D eigenvalue weighted by Gasteiger charge is -2.15. The molecule has 0 saturated heterocycles. The Labute approximate surface area is 130 Å². The molecule has 1 N–H and O–H groups in total. The van der Waals surface area contributed by atoms with Crippen LogP contribution in [-0.4, -0.2) is 15.7 Å². The van der Waals surface area contributed by atoms with E-state index in [-0.39, 0.29) is 5.69 Å². The Kier molecular flexibility index (Phi) is 4.46. The highest BCUT2D eigenvalue weighted by molar-refractivity contribution is 6.22. The van der Waals surface area contributed by atoms with Gasteiger partial charge in [-0.05, 0) is 18.6 Å². The van der Waals surface area contributed by atoms with Gasteiger partial charge in [-0.15, -0.1) is 0 Å². The van der Waals surface area contributed by atoms with Crippen molar-refractivity contribution in [2.24, 2.45) is 7.05 Å². The molecule has 2 aromatic rings. The van der Waals surface area contributed by atoms with Crippen molar-refractivity contribution in [2.45, 2.75) is 19.0 Å². The summed E-state index contributed by atoms with van der Waals surface area (Å²) in [5, 5.41) is 3.43. The minimum atomic E-state index is -4.58. The molecular weight excluding hydrogens is 319 g/mol. The summed E-state index contributed by atoms with van der Waals surface area (Å²) in [7, 11) is 1.35. The number of carbonyl (C=O) groups excluding carboxylic acids is 1. The Balaban J connectivity index is 2.53. The van der Waals surface area contributed by atoms with Crippen molar-refractivity contribution in [1.29, 1.82) is 0 Å². The Morgan fingerprint density at radius 3 is 2.36 bits per heavy atom. The van der Waals surface area contributed by atoms with E-state index in [0.717, 1.165) is 16.3 Å². The normalized spacial score (nSPS) is 13.0. The maximum Gasteiger partial charge on any atom is 0.435 e. The summed E-state index contributed by atoms with van der Waals surface area (Å²) >= 11 is 5.38. The second-order valence-electron chi connectivity index (χ2n) is 4.88. The Morgan fingerprint density at radius 2 is 1.91 bits per heavy atom. The largest absolute Gasteiger partial charge is 0.435 e. The zero-order valence-electron chi connectivity index (χ0n) is 11.8. The lowest BCUT2D eigenvalue weighted by Crippen LogP contribution is -2.25. The monoisotopic (exact) mass is 331 g/mol. The molecule has 0 aliphatic rings. The molecule has 1 aromatic carbocycles. The molecule has 0 bridgehead atoms. The fourth-order valence-corrected chi connectivity index (χ4v) is 2.27. The van der Waals surface area contributed by atoms with Crippen molar-refractivity contribution in [2.75, 3.05) is 0 Å². The van der Waals surface area contributed by atoms with E-state index in [1.807, 2.05) is 11.8 Å². The minimum absolute atomic E-state index is 0.106. The van der Waals surface area contributed by atoms with Gasteiger partial charge in [-0.2, -0.15) is 18.3 Å². The van der Waals surface area contributed by atoms with Gasteiger partial charge >= 0.3 is 6.18 Å². The number of nitrogens with zero attached hydrogens (tertiary/aromatic N) is 2. The molecule has 1 atom stereocenters. The van der Waals surface area contributed by atoms with Crippen LogP contribution in [0.5, 0.6) is 0 Å². The van der Waals surface area contributed by atoms with E-state index in [2.05, 4.69) is 5.10 Å². The molecule has 1 unspecified atom stereocenters. The molecule has 1 amide bonds. The average molecular weight is 332 g/mol. The topological polar surface area (TPSA) is 46.9 Å². The van der Waals surface area contributed by atoms with Gasteiger partial charge in [-0.1, -0.05) is 29.8 Å². The summed E-state index contributed by atoms with van der Waals surface area (Å²) in [4.78, 5) is 14.0. The molecule has 0 aliphatic carbocycles. The third-order valence-corrected chi connectivity index (χ3v) is 3.45. The van der Waals surface area contributed by atoms with Crippen LogP contribution in [0.2, 0.25) is 0 Å². The molecular formula is C14H13ClF3N3O. The smallest absolute Gasteiger partial charge is 0.273 e. The van der Waals surface area contributed by atoms with Crippen LogP contribution in [0.1, 0.15) is 28.4 Å². The number of hydrogen-bond acceptors (Lipinski definition) is 2. The van der Waals surface area contributed by atoms with Gasteiger partial charge < -0.3 is 0 Å². The third kappa shape index (κ3) is 3.24. The van der Waals surface area contributed by atoms with Crippen molar-refractivity contribution in [1.82, 2.24) is 14.6 Å². The number of halogens is 4. The van der Waals surface area contributed by atoms with Gasteiger partial charge in [0.2, 0.25) is 5.91 Å². The molecule has 1 heterocycles. The predicted octanol–water partition coefficient (Wildman–Crippen LogP) is 3.15. The van der Waals surface area contributed by atoms with Crippen LogP contribution < -0.4 is 4.84 Å². The number of amides is 1. The van der Waals surface area contributed by atoms with Crippen LogP contribution in [0.25, 0.3) is 0 Å². The van der Waals surface area contributed by atoms with Gasteiger partial charge in [-0.25, -0.2) is 0 Å². The lowest BCUT2D eigenvalue weighted by atomic mass is 9.94. The van der Waals surface area contributed by atoms with Gasteiger partial charge in [0, 0.05) is 18.8 Å². The summed E-state index contributed by atoms with van der Waals surface area (Å²) in [5.41, 5.74) is 0.550. The first-order chi connectivity index (χ1) is 10.2. The first-order valence-corrected chi connectivity index (χ1v) is 6.70. The van der Waals surface area contributed by atoms with Crippen molar-refractivity contribution < 1.29 is 18.0 Å². The number of rotatable bonds is 3. The Hall–Kier alpha value is -2.02. The van der Waals surface area contributed by atoms with Crippen molar-refractivity contribution in [3.8, 4) is 0 Å². The van der Waals surface area contributed by atoms with Crippen molar-refractivity contribution >= 4 is 17.7 Å². The highest BCUT2D eigenvalue weighted by Crippen LogP contribution is 2.32. The van der Waals surface area contributed by atoms with E-state index in [0.29, 0.717) is 5.56 Å². The average Bonchev–Trinajstić information content (AvgIpc) is 2.83. The van der Waals surface area contributed by atoms with Crippen LogP contribution in [0, 0.1) is 6.92 Å². The quantitative estimate of drug-likeness (QED) is 0.878. The van der Waals surface area contributed by atoms with Gasteiger partial charge in [0.1, 0.15) is 5.92 Å². The van der Waals surface area contributed by atoms with E-state index in [1.54, 1.807) is 24.3 Å². The fraction of sp³-hybridized carbons (Fsp3) is 0.286. The van der Waals surface area contributed by atoms with E-state index in [4.69, 9.17) is 11.8 Å². The summed E-state index contributed by atoms with van der Waals surface area (Å²) in [6, 6.07) is 7.74. The second-order valence-corrected chi connectivity index (χ2v) is 5.07. The van der Waals surface area contributed by atoms with Crippen LogP contribution >= 0.6 is 11.8 Å². The maximum absolute atomic E-state index is 12.8. The molecule has 0 saturated carbocycles. The molecule has 0 fully saturated rings. The summed E-state index contributed by atoms with van der Waals surface area (Å²) in [6.07, 6.45) is -4.58. The second kappa shape index (κ2) is 6.00. The molecule has 1 aromatic heterocycles. The maximum atomic E-state index is 12.8. The third-order valence-electron chi connectivity index (χ3n) is 3.27. The Bertz CT molecular complexity index is 680. The SMILES string of the molecule is Cc1ccc(C(C(=O)NCl)c2cc(C(F)(F)F)nn2C)cc1. The van der Waals surface area contributed by atoms with Crippen LogP contribution in [-0.2, 0) is 18.0 Å². The van der Waals surface area contributed by atoms with Gasteiger partial charge in [0.25, 0.3) is 0 Å². The number of carbonyl (C=O) groups is 1. The number of aryl methyl sites for hydroxylation is 2. The molecule has 0 aliphatic heterocycles. The van der Waals surface area contributed by atoms with Crippen molar-refractivity contribution in [3.05, 3.63) is 52.8 Å². The Morgan fingerprint density at radius 1 is 1.32 bits per heavy atom. The van der Waals surface area contributed by atoms with E-state index in [9.17, 15) is 18.0 Å². The molecule has 4 nitrogen and oxygen atoms in total. The number of nitrogens with one attached hydrogen (secondary N) is 1. The van der Waals surface area contributed by atoms with E-state index in [1.165, 1.54) is 7.05 Å². The summed E-state index contributed by atoms with van der Waals surface area (Å²) in [6.45, 7) is 1.87. The molecule has 0 radical (unpaired) electrons. The van der Waals surface area contributed by atoms with Gasteiger partial charge in [-0.3, -0.25) is 14.3 Å². The number of hydrogen-bond donors (Lipinski definition) is 1. The van der Waals surface area contributed by atoms with E-state index >= 15 is 0 Å². The van der Waals surface area contributed by atoms with Crippen LogP contribution in [0.15, 0.2) is 30.3 Å². The van der Waals surface area contributed by atoms with E-state index < -0.39 is 23.7 Å². The minimum Gasteiger partial charge on any atom is -0.273 e. The standard InChI is InChI=1S/C14H13ClF3N3O/c1-8-3-5-9(6-4-8)12(13(22)19-15)10-7-11(14(16,17)18)20-21(10)2/h3-7,12H,1-2H3,(H,19,22). The molecule has 2 rings (SSSR count). The predicted molar refractivity (Wildman–Crippen MR) is 75.2 cm³/mol. The zero-order valence-corrected chi connectivity index (χ0v) is 12.5. The first kappa shape index (κ1) is 16.4. The van der Waals surface area contributed by atoms with Gasteiger partial charge in [0.15, 0.2) is 5.69 Å². The van der Waals surface area contributed by atoms with Gasteiger partial charge in [0.05, 0.1) is 5.69 Å². The number of aromatic nitrogens is 2. The number of benzene rings is 1. The highest BCUT2D eigenvalue weighted by Gasteiger charge is 2.36.